The highest BCUT2D eigenvalue weighted by Gasteiger charge is 2.19. The van der Waals surface area contributed by atoms with Crippen LogP contribution in [-0.2, 0) is 23.2 Å². The number of ether oxygens (including phenoxy) is 2. The predicted octanol–water partition coefficient (Wildman–Crippen LogP) is 4.53. The van der Waals surface area contributed by atoms with Gasteiger partial charge in [0, 0.05) is 36.4 Å². The summed E-state index contributed by atoms with van der Waals surface area (Å²) >= 11 is 6.41. The maximum atomic E-state index is 14.2. The van der Waals surface area contributed by atoms with Gasteiger partial charge in [-0.05, 0) is 43.7 Å². The molecule has 4 rings (SSSR count). The molecule has 0 aliphatic carbocycles. The first-order valence-electron chi connectivity index (χ1n) is 10.9. The van der Waals surface area contributed by atoms with E-state index in [2.05, 4.69) is 15.4 Å². The van der Waals surface area contributed by atoms with Gasteiger partial charge in [0.25, 0.3) is 0 Å². The molecule has 1 atom stereocenters. The van der Waals surface area contributed by atoms with Gasteiger partial charge in [0.2, 0.25) is 5.91 Å². The molecule has 2 aromatic heterocycles. The van der Waals surface area contributed by atoms with Crippen molar-refractivity contribution >= 4 is 28.4 Å². The van der Waals surface area contributed by atoms with Crippen molar-refractivity contribution in [2.75, 3.05) is 13.7 Å². The van der Waals surface area contributed by atoms with Crippen molar-refractivity contribution < 1.29 is 18.7 Å². The average Bonchev–Trinajstić information content (AvgIpc) is 3.23. The Kier molecular flexibility index (Phi) is 7.28. The molecule has 0 aliphatic heterocycles. The van der Waals surface area contributed by atoms with Gasteiger partial charge in [-0.1, -0.05) is 23.7 Å². The number of carbonyl (C=O) groups excluding carboxylic acids is 1. The van der Waals surface area contributed by atoms with Crippen LogP contribution in [0.5, 0.6) is 5.75 Å². The number of rotatable bonds is 8. The van der Waals surface area contributed by atoms with E-state index in [1.165, 1.54) is 25.6 Å². The molecule has 1 N–H and O–H groups in total. The Bertz CT molecular complexity index is 1390. The lowest BCUT2D eigenvalue weighted by molar-refractivity contribution is -0.125. The first-order valence-corrected chi connectivity index (χ1v) is 11.3. The number of pyridine rings is 1. The molecule has 0 saturated heterocycles. The monoisotopic (exact) mass is 497 g/mol. The van der Waals surface area contributed by atoms with E-state index >= 15 is 0 Å². The summed E-state index contributed by atoms with van der Waals surface area (Å²) in [6.45, 7) is 3.59. The fraction of sp³-hybridized carbons (Fsp3) is 0.280. The summed E-state index contributed by atoms with van der Waals surface area (Å²) in [6.07, 6.45) is 1.50. The Balaban J connectivity index is 1.69. The quantitative estimate of drug-likeness (QED) is 0.384. The summed E-state index contributed by atoms with van der Waals surface area (Å²) in [5.41, 5.74) is 3.42. The Morgan fingerprint density at radius 2 is 2.09 bits per heavy atom. The number of halogens is 2. The fourth-order valence-corrected chi connectivity index (χ4v) is 4.26. The first-order chi connectivity index (χ1) is 16.8. The summed E-state index contributed by atoms with van der Waals surface area (Å²) in [5, 5.41) is 8.02. The number of nitrogens with zero attached hydrogens (tertiary/aromatic N) is 4. The van der Waals surface area contributed by atoms with Crippen LogP contribution in [0.15, 0.2) is 42.7 Å². The topological polar surface area (TPSA) is 91.2 Å². The SMILES string of the molecule is COCC(=O)N[C@@H](C)c1cc(F)cc(Cl)c1COc1cccc2c(-c3ncnn3C)cc(C)nc12. The molecular formula is C25H25ClFN5O3. The minimum absolute atomic E-state index is 0.0486. The summed E-state index contributed by atoms with van der Waals surface area (Å²) in [4.78, 5) is 21.1. The number of aromatic nitrogens is 4. The zero-order chi connectivity index (χ0) is 25.1. The number of hydrogen-bond acceptors (Lipinski definition) is 6. The van der Waals surface area contributed by atoms with Crippen LogP contribution in [0.25, 0.3) is 22.3 Å². The van der Waals surface area contributed by atoms with Crippen LogP contribution in [0.4, 0.5) is 4.39 Å². The van der Waals surface area contributed by atoms with Gasteiger partial charge in [-0.3, -0.25) is 4.79 Å². The van der Waals surface area contributed by atoms with Crippen LogP contribution in [-0.4, -0.2) is 39.4 Å². The number of nitrogens with one attached hydrogen (secondary N) is 1. The minimum atomic E-state index is -0.514. The number of amides is 1. The van der Waals surface area contributed by atoms with Gasteiger partial charge in [0.05, 0.1) is 11.1 Å². The Morgan fingerprint density at radius 3 is 2.80 bits per heavy atom. The molecule has 35 heavy (non-hydrogen) atoms. The van der Waals surface area contributed by atoms with Crippen molar-refractivity contribution in [3.05, 3.63) is 70.4 Å². The van der Waals surface area contributed by atoms with Gasteiger partial charge in [0.15, 0.2) is 5.82 Å². The van der Waals surface area contributed by atoms with Crippen LogP contribution < -0.4 is 10.1 Å². The molecule has 2 heterocycles. The predicted molar refractivity (Wildman–Crippen MR) is 131 cm³/mol. The van der Waals surface area contributed by atoms with Gasteiger partial charge in [-0.25, -0.2) is 19.0 Å². The van der Waals surface area contributed by atoms with E-state index in [0.29, 0.717) is 28.2 Å². The third kappa shape index (κ3) is 5.26. The summed E-state index contributed by atoms with van der Waals surface area (Å²) in [5.74, 6) is 0.425. The molecule has 2 aromatic carbocycles. The minimum Gasteiger partial charge on any atom is -0.487 e. The van der Waals surface area contributed by atoms with Crippen molar-refractivity contribution in [1.29, 1.82) is 0 Å². The Labute approximate surface area is 207 Å². The smallest absolute Gasteiger partial charge is 0.246 e. The average molecular weight is 498 g/mol. The summed E-state index contributed by atoms with van der Waals surface area (Å²) < 4.78 is 26.9. The second-order valence-corrected chi connectivity index (χ2v) is 8.54. The molecular weight excluding hydrogens is 473 g/mol. The normalized spacial score (nSPS) is 12.1. The van der Waals surface area contributed by atoms with Crippen molar-refractivity contribution in [3.63, 3.8) is 0 Å². The number of aryl methyl sites for hydroxylation is 2. The number of para-hydroxylation sites is 1. The highest BCUT2D eigenvalue weighted by Crippen LogP contribution is 2.34. The molecule has 4 aromatic rings. The third-order valence-electron chi connectivity index (χ3n) is 5.57. The summed E-state index contributed by atoms with van der Waals surface area (Å²) in [7, 11) is 3.26. The van der Waals surface area contributed by atoms with Gasteiger partial charge >= 0.3 is 0 Å². The van der Waals surface area contributed by atoms with Crippen molar-refractivity contribution in [2.24, 2.45) is 7.05 Å². The maximum absolute atomic E-state index is 14.2. The Morgan fingerprint density at radius 1 is 1.29 bits per heavy atom. The van der Waals surface area contributed by atoms with Crippen LogP contribution >= 0.6 is 11.6 Å². The standard InChI is InChI=1S/C25H25ClFN5O3/c1-14-8-19(25-28-13-29-32(25)3)17-6-5-7-22(24(17)30-14)35-11-20-18(9-16(27)10-21(20)26)15(2)31-23(33)12-34-4/h5-10,13,15H,11-12H2,1-4H3,(H,31,33)/t15-/m0/s1. The molecule has 0 bridgehead atoms. The highest BCUT2D eigenvalue weighted by molar-refractivity contribution is 6.31. The number of fused-ring (bicyclic) bond motifs is 1. The lowest BCUT2D eigenvalue weighted by Crippen LogP contribution is -2.30. The molecule has 8 nitrogen and oxygen atoms in total. The van der Waals surface area contributed by atoms with Crippen LogP contribution in [0, 0.1) is 12.7 Å². The molecule has 0 saturated carbocycles. The largest absolute Gasteiger partial charge is 0.487 e. The van der Waals surface area contributed by atoms with Crippen LogP contribution in [0.3, 0.4) is 0 Å². The lowest BCUT2D eigenvalue weighted by Gasteiger charge is -2.20. The van der Waals surface area contributed by atoms with Crippen molar-refractivity contribution in [3.8, 4) is 17.1 Å². The zero-order valence-electron chi connectivity index (χ0n) is 19.8. The van der Waals surface area contributed by atoms with Crippen molar-refractivity contribution in [2.45, 2.75) is 26.5 Å². The van der Waals surface area contributed by atoms with E-state index in [1.54, 1.807) is 11.6 Å². The maximum Gasteiger partial charge on any atom is 0.246 e. The van der Waals surface area contributed by atoms with Gasteiger partial charge < -0.3 is 14.8 Å². The van der Waals surface area contributed by atoms with E-state index in [4.69, 9.17) is 26.1 Å². The van der Waals surface area contributed by atoms with Gasteiger partial charge in [0.1, 0.15) is 36.6 Å². The fourth-order valence-electron chi connectivity index (χ4n) is 4.00. The van der Waals surface area contributed by atoms with E-state index < -0.39 is 11.9 Å². The molecule has 182 valence electrons. The lowest BCUT2D eigenvalue weighted by atomic mass is 10.0. The zero-order valence-corrected chi connectivity index (χ0v) is 20.6. The second kappa shape index (κ2) is 10.4. The molecule has 0 unspecified atom stereocenters. The first kappa shape index (κ1) is 24.6. The van der Waals surface area contributed by atoms with Gasteiger partial charge in [-0.2, -0.15) is 5.10 Å². The molecule has 0 fully saturated rings. The van der Waals surface area contributed by atoms with Crippen molar-refractivity contribution in [1.82, 2.24) is 25.1 Å². The molecule has 0 radical (unpaired) electrons. The summed E-state index contributed by atoms with van der Waals surface area (Å²) in [6, 6.07) is 9.65. The van der Waals surface area contributed by atoms with Crippen LogP contribution in [0.2, 0.25) is 5.02 Å². The number of benzene rings is 2. The van der Waals surface area contributed by atoms with Crippen LogP contribution in [0.1, 0.15) is 29.8 Å². The van der Waals surface area contributed by atoms with Gasteiger partial charge in [-0.15, -0.1) is 0 Å². The highest BCUT2D eigenvalue weighted by atomic mass is 35.5. The molecule has 10 heteroatoms. The molecule has 0 spiro atoms. The Hall–Kier alpha value is -3.56. The van der Waals surface area contributed by atoms with E-state index in [1.807, 2.05) is 38.2 Å². The molecule has 1 amide bonds. The van der Waals surface area contributed by atoms with E-state index in [-0.39, 0.29) is 24.1 Å². The second-order valence-electron chi connectivity index (χ2n) is 8.14. The number of carbonyl (C=O) groups is 1. The van der Waals surface area contributed by atoms with E-state index in [0.717, 1.165) is 16.6 Å². The molecule has 0 aliphatic rings. The number of methoxy groups -OCH3 is 1. The number of hydrogen-bond donors (Lipinski definition) is 1. The third-order valence-corrected chi connectivity index (χ3v) is 5.91. The van der Waals surface area contributed by atoms with E-state index in [9.17, 15) is 9.18 Å².